The molecule has 0 saturated heterocycles. The molecule has 0 aliphatic carbocycles. The average Bonchev–Trinajstić information content (AvgIpc) is 2.98. The fourth-order valence-corrected chi connectivity index (χ4v) is 3.12. The van der Waals surface area contributed by atoms with E-state index in [1.165, 1.54) is 0 Å². The molecule has 2 aromatic heterocycles. The topological polar surface area (TPSA) is 26.0 Å². The Bertz CT molecular complexity index is 928. The molecule has 0 saturated carbocycles. The first-order valence-electron chi connectivity index (χ1n) is 5.87. The van der Waals surface area contributed by atoms with Crippen molar-refractivity contribution in [3.63, 3.8) is 0 Å². The summed E-state index contributed by atoms with van der Waals surface area (Å²) in [5.41, 5.74) is -3.12. The Labute approximate surface area is 129 Å². The fourth-order valence-electron chi connectivity index (χ4n) is 2.06. The Balaban J connectivity index is 2.43. The Morgan fingerprint density at radius 2 is 1.46 bits per heavy atom. The molecule has 0 N–H and O–H groups in total. The van der Waals surface area contributed by atoms with E-state index in [0.29, 0.717) is 6.07 Å². The highest BCUT2D eigenvalue weighted by Gasteiger charge is 2.41. The molecule has 0 aliphatic heterocycles. The van der Waals surface area contributed by atoms with E-state index >= 15 is 0 Å². The molecule has 0 aliphatic rings. The molecule has 3 rings (SSSR count). The lowest BCUT2D eigenvalue weighted by Gasteiger charge is -2.07. The van der Waals surface area contributed by atoms with Crippen LogP contribution in [0.5, 0.6) is 0 Å². The van der Waals surface area contributed by atoms with E-state index in [-0.39, 0.29) is 17.4 Å². The zero-order chi connectivity index (χ0) is 18.1. The van der Waals surface area contributed by atoms with Gasteiger partial charge in [-0.3, -0.25) is 0 Å². The number of hydrogen-bond donors (Lipinski definition) is 0. The van der Waals surface area contributed by atoms with Gasteiger partial charge in [0, 0.05) is 10.1 Å². The lowest BCUT2D eigenvalue weighted by molar-refractivity contribution is -0.156. The second-order valence-corrected chi connectivity index (χ2v) is 5.69. The summed E-state index contributed by atoms with van der Waals surface area (Å²) in [5, 5.41) is -0.698. The van der Waals surface area contributed by atoms with Crippen LogP contribution in [0.25, 0.3) is 21.2 Å². The van der Waals surface area contributed by atoms with E-state index in [1.54, 1.807) is 0 Å². The van der Waals surface area contributed by atoms with E-state index in [2.05, 4.69) is 9.40 Å². The van der Waals surface area contributed by atoms with Crippen LogP contribution in [0.1, 0.15) is 16.3 Å². The van der Waals surface area contributed by atoms with E-state index in [9.17, 15) is 39.5 Å². The number of nitrogens with zero attached hydrogens (tertiary/aromatic N) is 1. The van der Waals surface area contributed by atoms with Gasteiger partial charge in [-0.05, 0) is 12.1 Å². The lowest BCUT2D eigenvalue weighted by atomic mass is 10.1. The van der Waals surface area contributed by atoms with Crippen molar-refractivity contribution in [1.82, 2.24) is 4.98 Å². The van der Waals surface area contributed by atoms with Crippen molar-refractivity contribution in [3.05, 3.63) is 28.5 Å². The minimum atomic E-state index is -5.09. The summed E-state index contributed by atoms with van der Waals surface area (Å²) in [6.45, 7) is 0. The van der Waals surface area contributed by atoms with Gasteiger partial charge >= 0.3 is 24.4 Å². The molecule has 0 unspecified atom stereocenters. The summed E-state index contributed by atoms with van der Waals surface area (Å²) in [7, 11) is 0. The highest BCUT2D eigenvalue weighted by molar-refractivity contribution is 7.19. The first-order valence-corrected chi connectivity index (χ1v) is 6.69. The molecule has 12 heteroatoms. The zero-order valence-electron chi connectivity index (χ0n) is 10.8. The Morgan fingerprint density at radius 1 is 0.833 bits per heavy atom. The number of halogens is 9. The van der Waals surface area contributed by atoms with Gasteiger partial charge in [0.15, 0.2) is 5.58 Å². The highest BCUT2D eigenvalue weighted by atomic mass is 32.1. The van der Waals surface area contributed by atoms with Gasteiger partial charge in [-0.1, -0.05) is 0 Å². The highest BCUT2D eigenvalue weighted by Crippen LogP contribution is 2.46. The Hall–Kier alpha value is -1.98. The third kappa shape index (κ3) is 2.68. The molecular formula is C12H2F9NOS. The first kappa shape index (κ1) is 16.9. The summed E-state index contributed by atoms with van der Waals surface area (Å²) in [6, 6.07) is 0.552. The molecule has 130 valence electrons. The Morgan fingerprint density at radius 3 is 1.96 bits per heavy atom. The van der Waals surface area contributed by atoms with Crippen LogP contribution in [0.15, 0.2) is 16.5 Å². The number of oxazole rings is 1. The molecule has 24 heavy (non-hydrogen) atoms. The molecule has 0 atom stereocenters. The third-order valence-electron chi connectivity index (χ3n) is 2.99. The van der Waals surface area contributed by atoms with Crippen LogP contribution in [0.2, 0.25) is 0 Å². The van der Waals surface area contributed by atoms with Crippen LogP contribution in [0.3, 0.4) is 0 Å². The van der Waals surface area contributed by atoms with Gasteiger partial charge in [-0.25, -0.2) is 4.98 Å². The van der Waals surface area contributed by atoms with Crippen LogP contribution in [-0.2, 0) is 18.5 Å². The molecule has 3 aromatic rings. The number of rotatable bonds is 0. The number of thiophene rings is 1. The molecule has 0 amide bonds. The molecule has 2 heterocycles. The van der Waals surface area contributed by atoms with Gasteiger partial charge in [-0.15, -0.1) is 11.3 Å². The smallest absolute Gasteiger partial charge is 0.433 e. The maximum atomic E-state index is 13.0. The van der Waals surface area contributed by atoms with Gasteiger partial charge in [0.2, 0.25) is 0 Å². The summed E-state index contributed by atoms with van der Waals surface area (Å²) >= 11 is -0.219. The fraction of sp³-hybridized carbons (Fsp3) is 0.250. The number of aromatic nitrogens is 1. The number of benzene rings is 1. The minimum absolute atomic E-state index is 0.219. The van der Waals surface area contributed by atoms with E-state index in [0.717, 1.165) is 0 Å². The monoisotopic (exact) mass is 379 g/mol. The van der Waals surface area contributed by atoms with Crippen molar-refractivity contribution in [2.24, 2.45) is 0 Å². The first-order chi connectivity index (χ1) is 10.8. The van der Waals surface area contributed by atoms with E-state index < -0.39 is 56.0 Å². The average molecular weight is 379 g/mol. The summed E-state index contributed by atoms with van der Waals surface area (Å²) in [6.07, 6.45) is -15.1. The number of hydrogen-bond acceptors (Lipinski definition) is 3. The maximum Gasteiger partial charge on any atom is 0.468 e. The number of fused-ring (bicyclic) bond motifs is 3. The van der Waals surface area contributed by atoms with Crippen LogP contribution in [-0.4, -0.2) is 4.98 Å². The maximum absolute atomic E-state index is 13.0. The van der Waals surface area contributed by atoms with Crippen molar-refractivity contribution in [2.45, 2.75) is 18.5 Å². The number of alkyl halides is 9. The molecule has 0 radical (unpaired) electrons. The predicted molar refractivity (Wildman–Crippen MR) is 64.4 cm³/mol. The molecule has 1 aromatic carbocycles. The van der Waals surface area contributed by atoms with Crippen molar-refractivity contribution in [3.8, 4) is 0 Å². The zero-order valence-corrected chi connectivity index (χ0v) is 11.6. The Kier molecular flexibility index (Phi) is 3.35. The van der Waals surface area contributed by atoms with Crippen LogP contribution < -0.4 is 0 Å². The summed E-state index contributed by atoms with van der Waals surface area (Å²) < 4.78 is 119. The SMILES string of the molecule is FC(F)(F)c1nc2c(cc(C(F)(F)F)c3sc(C(F)(F)F)cc32)o1. The van der Waals surface area contributed by atoms with Crippen LogP contribution >= 0.6 is 11.3 Å². The summed E-state index contributed by atoms with van der Waals surface area (Å²) in [4.78, 5) is 1.63. The van der Waals surface area contributed by atoms with Gasteiger partial charge < -0.3 is 4.42 Å². The van der Waals surface area contributed by atoms with Crippen LogP contribution in [0.4, 0.5) is 39.5 Å². The summed E-state index contributed by atoms with van der Waals surface area (Å²) in [5.74, 6) is -1.84. The normalized spacial score (nSPS) is 14.0. The van der Waals surface area contributed by atoms with Gasteiger partial charge in [-0.2, -0.15) is 39.5 Å². The van der Waals surface area contributed by atoms with Crippen molar-refractivity contribution >= 4 is 32.5 Å². The second-order valence-electron chi connectivity index (χ2n) is 4.64. The van der Waals surface area contributed by atoms with Gasteiger partial charge in [0.25, 0.3) is 0 Å². The lowest BCUT2D eigenvalue weighted by Crippen LogP contribution is -2.04. The van der Waals surface area contributed by atoms with E-state index in [1.807, 2.05) is 0 Å². The van der Waals surface area contributed by atoms with Gasteiger partial charge in [0.05, 0.1) is 5.56 Å². The van der Waals surface area contributed by atoms with Crippen molar-refractivity contribution < 1.29 is 43.9 Å². The molecule has 0 bridgehead atoms. The predicted octanol–water partition coefficient (Wildman–Crippen LogP) is 6.10. The van der Waals surface area contributed by atoms with Crippen molar-refractivity contribution in [2.75, 3.05) is 0 Å². The standard InChI is InChI=1S/C12H2F9NOS/c13-10(14,15)4-2-5-7(22-9(23-5)12(19,20)21)3-1-6(11(16,17)18)24-8(3)4/h1-2H. The molecule has 0 spiro atoms. The van der Waals surface area contributed by atoms with Gasteiger partial charge in [0.1, 0.15) is 10.4 Å². The molecule has 2 nitrogen and oxygen atoms in total. The molecular weight excluding hydrogens is 377 g/mol. The quantitative estimate of drug-likeness (QED) is 0.441. The largest absolute Gasteiger partial charge is 0.468 e. The van der Waals surface area contributed by atoms with E-state index in [4.69, 9.17) is 0 Å². The third-order valence-corrected chi connectivity index (χ3v) is 4.20. The molecule has 0 fully saturated rings. The second kappa shape index (κ2) is 4.77. The minimum Gasteiger partial charge on any atom is -0.433 e. The van der Waals surface area contributed by atoms with Crippen molar-refractivity contribution in [1.29, 1.82) is 0 Å². The van der Waals surface area contributed by atoms with Crippen LogP contribution in [0, 0.1) is 0 Å².